The highest BCUT2D eigenvalue weighted by Gasteiger charge is 2.12. The Hall–Kier alpha value is -1.22. The Balaban J connectivity index is 1.66. The van der Waals surface area contributed by atoms with Crippen LogP contribution in [0.5, 0.6) is 0 Å². The molecule has 108 valence electrons. The molecule has 5 nitrogen and oxygen atoms in total. The van der Waals surface area contributed by atoms with Crippen molar-refractivity contribution in [2.75, 3.05) is 0 Å². The number of benzene rings is 1. The van der Waals surface area contributed by atoms with Crippen LogP contribution in [-0.4, -0.2) is 15.1 Å². The second-order valence-electron chi connectivity index (χ2n) is 4.09. The molecule has 0 aliphatic rings. The highest BCUT2D eigenvalue weighted by Crippen LogP contribution is 2.25. The Morgan fingerprint density at radius 2 is 2.05 bits per heavy atom. The van der Waals surface area contributed by atoms with E-state index in [2.05, 4.69) is 31.1 Å². The zero-order valence-electron chi connectivity index (χ0n) is 10.8. The van der Waals surface area contributed by atoms with Crippen LogP contribution in [0.25, 0.3) is 11.6 Å². The number of nitrogens with two attached hydrogens (primary N) is 1. The highest BCUT2D eigenvalue weighted by molar-refractivity contribution is 9.10. The summed E-state index contributed by atoms with van der Waals surface area (Å²) in [5.74, 6) is 1.75. The molecule has 2 aromatic heterocycles. The molecule has 0 aliphatic carbocycles. The van der Waals surface area contributed by atoms with E-state index in [9.17, 15) is 0 Å². The van der Waals surface area contributed by atoms with Crippen molar-refractivity contribution >= 4 is 39.0 Å². The molecule has 0 atom stereocenters. The molecule has 0 bridgehead atoms. The quantitative estimate of drug-likeness (QED) is 0.677. The van der Waals surface area contributed by atoms with Crippen LogP contribution in [0.2, 0.25) is 0 Å². The van der Waals surface area contributed by atoms with Gasteiger partial charge in [-0.05, 0) is 24.3 Å². The first-order chi connectivity index (χ1) is 10.2. The van der Waals surface area contributed by atoms with Crippen LogP contribution in [-0.2, 0) is 12.3 Å². The minimum Gasteiger partial charge on any atom is -0.332 e. The Labute approximate surface area is 138 Å². The molecule has 0 fully saturated rings. The van der Waals surface area contributed by atoms with Gasteiger partial charge in [-0.2, -0.15) is 4.98 Å². The molecule has 1 aromatic carbocycles. The third-order valence-corrected chi connectivity index (χ3v) is 5.00. The minimum absolute atomic E-state index is 0.422. The van der Waals surface area contributed by atoms with E-state index in [-0.39, 0.29) is 0 Å². The first-order valence-electron chi connectivity index (χ1n) is 6.10. The van der Waals surface area contributed by atoms with E-state index in [4.69, 9.17) is 10.3 Å². The Bertz CT molecular complexity index is 726. The van der Waals surface area contributed by atoms with Crippen molar-refractivity contribution < 1.29 is 4.52 Å². The predicted molar refractivity (Wildman–Crippen MR) is 87.0 cm³/mol. The zero-order chi connectivity index (χ0) is 14.7. The fourth-order valence-corrected chi connectivity index (χ4v) is 3.25. The van der Waals surface area contributed by atoms with Gasteiger partial charge in [0.05, 0.1) is 5.75 Å². The molecule has 0 spiro atoms. The molecule has 8 heteroatoms. The van der Waals surface area contributed by atoms with Crippen LogP contribution < -0.4 is 5.73 Å². The van der Waals surface area contributed by atoms with Crippen LogP contribution in [0.1, 0.15) is 10.8 Å². The summed E-state index contributed by atoms with van der Waals surface area (Å²) < 4.78 is 6.30. The lowest BCUT2D eigenvalue weighted by Crippen LogP contribution is -1.94. The fraction of sp³-hybridized carbons (Fsp3) is 0.154. The van der Waals surface area contributed by atoms with Crippen molar-refractivity contribution in [2.45, 2.75) is 17.2 Å². The van der Waals surface area contributed by atoms with Gasteiger partial charge in [0.25, 0.3) is 5.89 Å². The lowest BCUT2D eigenvalue weighted by atomic mass is 10.4. The summed E-state index contributed by atoms with van der Waals surface area (Å²) in [6.45, 7) is 0.422. The number of nitrogens with zero attached hydrogens (tertiary/aromatic N) is 3. The van der Waals surface area contributed by atoms with Crippen molar-refractivity contribution in [3.8, 4) is 11.6 Å². The summed E-state index contributed by atoms with van der Waals surface area (Å²) in [5, 5.41) is 6.71. The number of hydrogen-bond donors (Lipinski definition) is 1. The van der Waals surface area contributed by atoms with E-state index in [0.717, 1.165) is 14.4 Å². The van der Waals surface area contributed by atoms with Crippen LogP contribution in [0, 0.1) is 0 Å². The Kier molecular flexibility index (Phi) is 4.69. The van der Waals surface area contributed by atoms with Gasteiger partial charge in [-0.15, -0.1) is 23.1 Å². The van der Waals surface area contributed by atoms with Gasteiger partial charge in [0, 0.05) is 21.3 Å². The molecule has 2 heterocycles. The molecular formula is C13H11BrN4OS2. The number of aromatic nitrogens is 3. The highest BCUT2D eigenvalue weighted by atomic mass is 79.9. The molecule has 0 amide bonds. The molecule has 2 N–H and O–H groups in total. The number of thioether (sulfide) groups is 1. The maximum Gasteiger partial charge on any atom is 0.277 e. The minimum atomic E-state index is 0.422. The van der Waals surface area contributed by atoms with E-state index in [1.165, 1.54) is 11.3 Å². The first-order valence-corrected chi connectivity index (χ1v) is 8.76. The van der Waals surface area contributed by atoms with Gasteiger partial charge in [0.2, 0.25) is 0 Å². The molecule has 3 aromatic rings. The van der Waals surface area contributed by atoms with Gasteiger partial charge >= 0.3 is 0 Å². The summed E-state index contributed by atoms with van der Waals surface area (Å²) in [5.41, 5.74) is 6.23. The van der Waals surface area contributed by atoms with Crippen LogP contribution in [0.15, 0.2) is 43.5 Å². The van der Waals surface area contributed by atoms with Gasteiger partial charge in [-0.1, -0.05) is 21.1 Å². The van der Waals surface area contributed by atoms with Crippen molar-refractivity contribution in [1.29, 1.82) is 0 Å². The number of halogens is 1. The maximum absolute atomic E-state index is 5.54. The smallest absolute Gasteiger partial charge is 0.277 e. The van der Waals surface area contributed by atoms with Crippen LogP contribution >= 0.6 is 39.0 Å². The van der Waals surface area contributed by atoms with E-state index in [1.807, 2.05) is 29.6 Å². The second-order valence-corrected chi connectivity index (χ2v) is 7.00. The Morgan fingerprint density at radius 3 is 2.76 bits per heavy atom. The lowest BCUT2D eigenvalue weighted by Gasteiger charge is -1.97. The van der Waals surface area contributed by atoms with E-state index < -0.39 is 0 Å². The number of thiazole rings is 1. The topological polar surface area (TPSA) is 77.8 Å². The summed E-state index contributed by atoms with van der Waals surface area (Å²) in [7, 11) is 0. The van der Waals surface area contributed by atoms with Gasteiger partial charge in [-0.25, -0.2) is 4.98 Å². The van der Waals surface area contributed by atoms with Crippen LogP contribution in [0.3, 0.4) is 0 Å². The third-order valence-electron chi connectivity index (χ3n) is 2.60. The van der Waals surface area contributed by atoms with E-state index in [1.54, 1.807) is 11.8 Å². The standard InChI is InChI=1S/C13H11BrN4OS2/c14-8-1-3-9(4-2-8)20-7-11-17-13(19-18-11)10-6-21-12(5-15)16-10/h1-4,6H,5,7,15H2. The summed E-state index contributed by atoms with van der Waals surface area (Å²) in [4.78, 5) is 9.84. The summed E-state index contributed by atoms with van der Waals surface area (Å²) in [6, 6.07) is 8.11. The number of rotatable bonds is 5. The molecule has 0 saturated heterocycles. The normalized spacial score (nSPS) is 11.0. The number of hydrogen-bond acceptors (Lipinski definition) is 7. The molecule has 0 aliphatic heterocycles. The van der Waals surface area contributed by atoms with Crippen molar-refractivity contribution in [3.63, 3.8) is 0 Å². The molecule has 0 unspecified atom stereocenters. The zero-order valence-corrected chi connectivity index (χ0v) is 14.0. The largest absolute Gasteiger partial charge is 0.332 e. The molecule has 3 rings (SSSR count). The summed E-state index contributed by atoms with van der Waals surface area (Å²) >= 11 is 6.56. The monoisotopic (exact) mass is 382 g/mol. The van der Waals surface area contributed by atoms with Gasteiger partial charge in [0.1, 0.15) is 10.7 Å². The first kappa shape index (κ1) is 14.7. The Morgan fingerprint density at radius 1 is 1.24 bits per heavy atom. The third kappa shape index (κ3) is 3.70. The van der Waals surface area contributed by atoms with Crippen molar-refractivity contribution in [3.05, 3.63) is 45.0 Å². The average Bonchev–Trinajstić information content (AvgIpc) is 3.15. The molecule has 21 heavy (non-hydrogen) atoms. The lowest BCUT2D eigenvalue weighted by molar-refractivity contribution is 0.424. The summed E-state index contributed by atoms with van der Waals surface area (Å²) in [6.07, 6.45) is 0. The molecule has 0 radical (unpaired) electrons. The van der Waals surface area contributed by atoms with Crippen LogP contribution in [0.4, 0.5) is 0 Å². The van der Waals surface area contributed by atoms with Crippen molar-refractivity contribution in [1.82, 2.24) is 15.1 Å². The fourth-order valence-electron chi connectivity index (χ4n) is 1.60. The van der Waals surface area contributed by atoms with E-state index >= 15 is 0 Å². The maximum atomic E-state index is 5.54. The average molecular weight is 383 g/mol. The van der Waals surface area contributed by atoms with Gasteiger partial charge in [-0.3, -0.25) is 0 Å². The van der Waals surface area contributed by atoms with Crippen molar-refractivity contribution in [2.24, 2.45) is 5.73 Å². The second kappa shape index (κ2) is 6.69. The predicted octanol–water partition coefficient (Wildman–Crippen LogP) is 3.71. The SMILES string of the molecule is NCc1nc(-c2nc(CSc3ccc(Br)cc3)no2)cs1. The molecule has 0 saturated carbocycles. The van der Waals surface area contributed by atoms with E-state index in [0.29, 0.717) is 29.7 Å². The molecular weight excluding hydrogens is 372 g/mol. The van der Waals surface area contributed by atoms with Gasteiger partial charge in [0.15, 0.2) is 5.82 Å². The van der Waals surface area contributed by atoms with Gasteiger partial charge < -0.3 is 10.3 Å².